The number of methoxy groups -OCH3 is 1. The zero-order valence-electron chi connectivity index (χ0n) is 14.2. The normalized spacial score (nSPS) is 22.6. The van der Waals surface area contributed by atoms with Gasteiger partial charge in [0.05, 0.1) is 24.7 Å². The molecule has 1 aromatic rings. The third-order valence-electron chi connectivity index (χ3n) is 4.76. The van der Waals surface area contributed by atoms with E-state index in [4.69, 9.17) is 4.74 Å². The van der Waals surface area contributed by atoms with Gasteiger partial charge in [-0.1, -0.05) is 0 Å². The number of ether oxygens (including phenoxy) is 1. The van der Waals surface area contributed by atoms with E-state index >= 15 is 0 Å². The molecule has 3 heterocycles. The maximum absolute atomic E-state index is 13.3. The Morgan fingerprint density at radius 3 is 2.68 bits per heavy atom. The van der Waals surface area contributed by atoms with Crippen molar-refractivity contribution in [2.45, 2.75) is 37.8 Å². The van der Waals surface area contributed by atoms with Gasteiger partial charge in [-0.25, -0.2) is 8.78 Å². The second-order valence-electron chi connectivity index (χ2n) is 6.57. The Hall–Kier alpha value is -2.03. The summed E-state index contributed by atoms with van der Waals surface area (Å²) in [6.45, 7) is 0.888. The van der Waals surface area contributed by atoms with Gasteiger partial charge in [-0.15, -0.1) is 0 Å². The Balaban J connectivity index is 1.67. The van der Waals surface area contributed by atoms with Crippen LogP contribution in [0.25, 0.3) is 0 Å². The van der Waals surface area contributed by atoms with Crippen LogP contribution in [0.2, 0.25) is 0 Å². The highest BCUT2D eigenvalue weighted by atomic mass is 19.3. The fourth-order valence-corrected chi connectivity index (χ4v) is 3.36. The van der Waals surface area contributed by atoms with E-state index in [-0.39, 0.29) is 56.8 Å². The van der Waals surface area contributed by atoms with Crippen molar-refractivity contribution in [2.75, 3.05) is 33.4 Å². The largest absolute Gasteiger partial charge is 0.375 e. The van der Waals surface area contributed by atoms with Gasteiger partial charge in [0.15, 0.2) is 0 Å². The van der Waals surface area contributed by atoms with Gasteiger partial charge in [-0.05, 0) is 6.07 Å². The molecule has 0 saturated carbocycles. The SMILES string of the molecule is COCC(=O)N1Cc2ccnn2C(CC(=O)N2CCC(F)(F)CC2)C1. The molecule has 2 aliphatic rings. The van der Waals surface area contributed by atoms with Crippen LogP contribution in [0.3, 0.4) is 0 Å². The summed E-state index contributed by atoms with van der Waals surface area (Å²) < 4.78 is 33.2. The molecule has 0 radical (unpaired) electrons. The summed E-state index contributed by atoms with van der Waals surface area (Å²) in [5.74, 6) is -3.01. The van der Waals surface area contributed by atoms with Gasteiger partial charge in [0, 0.05) is 45.8 Å². The molecule has 25 heavy (non-hydrogen) atoms. The van der Waals surface area contributed by atoms with Gasteiger partial charge in [0.1, 0.15) is 6.61 Å². The third-order valence-corrected chi connectivity index (χ3v) is 4.76. The number of hydrogen-bond acceptors (Lipinski definition) is 4. The Morgan fingerprint density at radius 2 is 2.00 bits per heavy atom. The van der Waals surface area contributed by atoms with Gasteiger partial charge >= 0.3 is 0 Å². The molecule has 2 aliphatic heterocycles. The van der Waals surface area contributed by atoms with Crippen LogP contribution in [0.15, 0.2) is 12.3 Å². The molecule has 0 N–H and O–H groups in total. The lowest BCUT2D eigenvalue weighted by atomic mass is 10.0. The van der Waals surface area contributed by atoms with Crippen molar-refractivity contribution >= 4 is 11.8 Å². The van der Waals surface area contributed by atoms with E-state index < -0.39 is 5.92 Å². The fourth-order valence-electron chi connectivity index (χ4n) is 3.36. The van der Waals surface area contributed by atoms with Crippen molar-refractivity contribution in [3.63, 3.8) is 0 Å². The fraction of sp³-hybridized carbons (Fsp3) is 0.688. The smallest absolute Gasteiger partial charge is 0.251 e. The lowest BCUT2D eigenvalue weighted by Gasteiger charge is -2.36. The highest BCUT2D eigenvalue weighted by Gasteiger charge is 2.37. The molecule has 1 fully saturated rings. The van der Waals surface area contributed by atoms with Crippen LogP contribution >= 0.6 is 0 Å². The van der Waals surface area contributed by atoms with Crippen LogP contribution in [0.1, 0.15) is 31.0 Å². The van der Waals surface area contributed by atoms with E-state index in [1.54, 1.807) is 15.8 Å². The predicted octanol–water partition coefficient (Wildman–Crippen LogP) is 1.06. The average Bonchev–Trinajstić information content (AvgIpc) is 3.03. The Kier molecular flexibility index (Phi) is 5.03. The molecule has 0 bridgehead atoms. The second kappa shape index (κ2) is 7.07. The summed E-state index contributed by atoms with van der Waals surface area (Å²) in [6, 6.07) is 1.51. The maximum atomic E-state index is 13.3. The van der Waals surface area contributed by atoms with Crippen molar-refractivity contribution in [1.29, 1.82) is 0 Å². The molecule has 1 atom stereocenters. The number of piperidine rings is 1. The molecule has 1 saturated heterocycles. The first-order valence-corrected chi connectivity index (χ1v) is 8.34. The minimum absolute atomic E-state index is 0.0178. The molecule has 0 spiro atoms. The zero-order valence-corrected chi connectivity index (χ0v) is 14.2. The number of fused-ring (bicyclic) bond motifs is 1. The summed E-state index contributed by atoms with van der Waals surface area (Å²) in [6.07, 6.45) is 1.18. The van der Waals surface area contributed by atoms with E-state index in [9.17, 15) is 18.4 Å². The highest BCUT2D eigenvalue weighted by Crippen LogP contribution is 2.29. The Morgan fingerprint density at radius 1 is 1.28 bits per heavy atom. The summed E-state index contributed by atoms with van der Waals surface area (Å²) in [4.78, 5) is 27.8. The van der Waals surface area contributed by atoms with E-state index in [2.05, 4.69) is 5.10 Å². The molecule has 3 rings (SSSR count). The van der Waals surface area contributed by atoms with E-state index in [0.29, 0.717) is 13.1 Å². The molecule has 7 nitrogen and oxygen atoms in total. The lowest BCUT2D eigenvalue weighted by Crippen LogP contribution is -2.46. The summed E-state index contributed by atoms with van der Waals surface area (Å²) in [5, 5.41) is 4.26. The first kappa shape index (κ1) is 17.8. The zero-order chi connectivity index (χ0) is 18.0. The van der Waals surface area contributed by atoms with E-state index in [0.717, 1.165) is 5.69 Å². The van der Waals surface area contributed by atoms with Crippen molar-refractivity contribution in [2.24, 2.45) is 0 Å². The van der Waals surface area contributed by atoms with Crippen LogP contribution in [0, 0.1) is 0 Å². The van der Waals surface area contributed by atoms with Gasteiger partial charge in [-0.2, -0.15) is 5.10 Å². The molecule has 0 aromatic carbocycles. The number of aromatic nitrogens is 2. The highest BCUT2D eigenvalue weighted by molar-refractivity contribution is 5.78. The van der Waals surface area contributed by atoms with Crippen molar-refractivity contribution in [1.82, 2.24) is 19.6 Å². The Labute approximate surface area is 144 Å². The number of likely N-dealkylation sites (tertiary alicyclic amines) is 1. The minimum atomic E-state index is -2.68. The summed E-state index contributed by atoms with van der Waals surface area (Å²) in [5.41, 5.74) is 0.846. The quantitative estimate of drug-likeness (QED) is 0.809. The van der Waals surface area contributed by atoms with Gasteiger partial charge in [0.25, 0.3) is 5.92 Å². The molecule has 1 unspecified atom stereocenters. The van der Waals surface area contributed by atoms with Crippen molar-refractivity contribution in [3.05, 3.63) is 18.0 Å². The maximum Gasteiger partial charge on any atom is 0.251 e. The number of rotatable bonds is 4. The number of hydrogen-bond donors (Lipinski definition) is 0. The average molecular weight is 356 g/mol. The van der Waals surface area contributed by atoms with Crippen LogP contribution in [0.5, 0.6) is 0 Å². The first-order chi connectivity index (χ1) is 11.9. The van der Waals surface area contributed by atoms with E-state index in [1.165, 1.54) is 12.0 Å². The second-order valence-corrected chi connectivity index (χ2v) is 6.57. The number of nitrogens with zero attached hydrogens (tertiary/aromatic N) is 4. The molecule has 1 aromatic heterocycles. The topological polar surface area (TPSA) is 67.7 Å². The van der Waals surface area contributed by atoms with Crippen LogP contribution in [-0.4, -0.2) is 70.7 Å². The van der Waals surface area contributed by atoms with Crippen LogP contribution in [0.4, 0.5) is 8.78 Å². The number of carbonyl (C=O) groups excluding carboxylic acids is 2. The van der Waals surface area contributed by atoms with Crippen molar-refractivity contribution in [3.8, 4) is 0 Å². The standard InChI is InChI=1S/C16H22F2N4O3/c1-25-11-15(24)21-9-12-2-5-19-22(12)13(10-21)8-14(23)20-6-3-16(17,18)4-7-20/h2,5,13H,3-4,6-11H2,1H3. The Bertz CT molecular complexity index is 639. The number of carbonyl (C=O) groups is 2. The molecule has 2 amide bonds. The third kappa shape index (κ3) is 3.97. The monoisotopic (exact) mass is 356 g/mol. The van der Waals surface area contributed by atoms with Gasteiger partial charge in [0.2, 0.25) is 11.8 Å². The van der Waals surface area contributed by atoms with Gasteiger partial charge < -0.3 is 14.5 Å². The van der Waals surface area contributed by atoms with Crippen LogP contribution in [-0.2, 0) is 20.9 Å². The molecular weight excluding hydrogens is 334 g/mol. The van der Waals surface area contributed by atoms with E-state index in [1.807, 2.05) is 6.07 Å². The number of amides is 2. The first-order valence-electron chi connectivity index (χ1n) is 8.34. The van der Waals surface area contributed by atoms with Crippen LogP contribution < -0.4 is 0 Å². The summed E-state index contributed by atoms with van der Waals surface area (Å²) in [7, 11) is 1.46. The molecule has 0 aliphatic carbocycles. The molecule has 138 valence electrons. The number of alkyl halides is 2. The minimum Gasteiger partial charge on any atom is -0.375 e. The molecule has 9 heteroatoms. The molecular formula is C16H22F2N4O3. The number of halogens is 2. The predicted molar refractivity (Wildman–Crippen MR) is 83.9 cm³/mol. The van der Waals surface area contributed by atoms with Gasteiger partial charge in [-0.3, -0.25) is 14.3 Å². The van der Waals surface area contributed by atoms with Crippen molar-refractivity contribution < 1.29 is 23.1 Å². The lowest BCUT2D eigenvalue weighted by molar-refractivity contribution is -0.141. The summed E-state index contributed by atoms with van der Waals surface area (Å²) >= 11 is 0.